The minimum atomic E-state index is -0.856. The molecule has 28 heavy (non-hydrogen) atoms. The van der Waals surface area contributed by atoms with Crippen molar-refractivity contribution in [1.29, 1.82) is 0 Å². The predicted molar refractivity (Wildman–Crippen MR) is 106 cm³/mol. The number of primary amides is 1. The van der Waals surface area contributed by atoms with Gasteiger partial charge in [0.05, 0.1) is 5.56 Å². The summed E-state index contributed by atoms with van der Waals surface area (Å²) in [5, 5.41) is 3.08. The molecule has 1 aromatic heterocycles. The van der Waals surface area contributed by atoms with Crippen LogP contribution in [-0.2, 0) is 27.2 Å². The van der Waals surface area contributed by atoms with Crippen LogP contribution in [0.15, 0.2) is 30.3 Å². The van der Waals surface area contributed by atoms with Gasteiger partial charge in [-0.15, -0.1) is 11.3 Å². The molecule has 0 spiro atoms. The van der Waals surface area contributed by atoms with Crippen molar-refractivity contribution in [3.63, 3.8) is 0 Å². The van der Waals surface area contributed by atoms with Gasteiger partial charge < -0.3 is 20.5 Å². The van der Waals surface area contributed by atoms with Gasteiger partial charge in [-0.05, 0) is 50.3 Å². The summed E-state index contributed by atoms with van der Waals surface area (Å²) in [4.78, 5) is 37.2. The number of ether oxygens (including phenoxy) is 2. The molecule has 8 heteroatoms. The molecule has 0 aliphatic heterocycles. The second-order valence-corrected chi connectivity index (χ2v) is 7.61. The zero-order valence-electron chi connectivity index (χ0n) is 15.5. The fourth-order valence-corrected chi connectivity index (χ4v) is 4.39. The van der Waals surface area contributed by atoms with Crippen molar-refractivity contribution >= 4 is 34.1 Å². The van der Waals surface area contributed by atoms with Gasteiger partial charge in [0.25, 0.3) is 11.8 Å². The number of aryl methyl sites for hydroxylation is 1. The third kappa shape index (κ3) is 4.69. The maximum atomic E-state index is 12.2. The van der Waals surface area contributed by atoms with Crippen molar-refractivity contribution in [3.05, 3.63) is 46.3 Å². The summed E-state index contributed by atoms with van der Waals surface area (Å²) in [6.07, 6.45) is 2.85. The third-order valence-corrected chi connectivity index (χ3v) is 5.61. The maximum absolute atomic E-state index is 12.2. The Morgan fingerprint density at radius 2 is 1.89 bits per heavy atom. The van der Waals surface area contributed by atoms with Gasteiger partial charge in [0.1, 0.15) is 10.8 Å². The minimum absolute atomic E-state index is 0.375. The Labute approximate surface area is 166 Å². The summed E-state index contributed by atoms with van der Waals surface area (Å²) in [6.45, 7) is 1.08. The first-order valence-electron chi connectivity index (χ1n) is 9.08. The minimum Gasteiger partial charge on any atom is -0.479 e. The van der Waals surface area contributed by atoms with Gasteiger partial charge in [0.2, 0.25) is 0 Å². The quantitative estimate of drug-likeness (QED) is 0.692. The monoisotopic (exact) mass is 402 g/mol. The molecule has 3 N–H and O–H groups in total. The van der Waals surface area contributed by atoms with Crippen LogP contribution >= 0.6 is 11.3 Å². The van der Waals surface area contributed by atoms with Crippen LogP contribution in [0.1, 0.15) is 40.6 Å². The summed E-state index contributed by atoms with van der Waals surface area (Å²) < 4.78 is 10.5. The summed E-state index contributed by atoms with van der Waals surface area (Å²) in [6, 6.07) is 8.86. The number of hydrogen-bond donors (Lipinski definition) is 2. The van der Waals surface area contributed by atoms with Crippen molar-refractivity contribution in [1.82, 2.24) is 0 Å². The molecule has 1 unspecified atom stereocenters. The lowest BCUT2D eigenvalue weighted by Gasteiger charge is -2.14. The molecule has 0 radical (unpaired) electrons. The molecule has 1 aliphatic carbocycles. The lowest BCUT2D eigenvalue weighted by Crippen LogP contribution is -2.30. The van der Waals surface area contributed by atoms with E-state index in [1.807, 2.05) is 6.07 Å². The number of nitrogens with two attached hydrogens (primary N) is 1. The molecule has 0 bridgehead atoms. The van der Waals surface area contributed by atoms with Gasteiger partial charge in [-0.25, -0.2) is 4.79 Å². The van der Waals surface area contributed by atoms with Gasteiger partial charge in [0, 0.05) is 4.88 Å². The van der Waals surface area contributed by atoms with Crippen LogP contribution in [-0.4, -0.2) is 30.5 Å². The summed E-state index contributed by atoms with van der Waals surface area (Å²) in [5.74, 6) is -1.20. The molecule has 0 saturated heterocycles. The Hall–Kier alpha value is -2.87. The lowest BCUT2D eigenvalue weighted by molar-refractivity contribution is -0.153. The molecule has 1 aromatic carbocycles. The molecular formula is C20H22N2O5S. The normalized spacial score (nSPS) is 13.9. The van der Waals surface area contributed by atoms with Crippen molar-refractivity contribution in [2.24, 2.45) is 5.73 Å². The number of benzene rings is 1. The third-order valence-electron chi connectivity index (χ3n) is 4.40. The fourth-order valence-electron chi connectivity index (χ4n) is 3.08. The van der Waals surface area contributed by atoms with Crippen LogP contribution in [0.2, 0.25) is 0 Å². The second kappa shape index (κ2) is 8.88. The second-order valence-electron chi connectivity index (χ2n) is 6.51. The molecule has 0 fully saturated rings. The predicted octanol–water partition coefficient (Wildman–Crippen LogP) is 2.68. The molecule has 7 nitrogen and oxygen atoms in total. The van der Waals surface area contributed by atoms with E-state index in [4.69, 9.17) is 15.2 Å². The van der Waals surface area contributed by atoms with Crippen molar-refractivity contribution in [3.8, 4) is 5.75 Å². The molecule has 0 saturated carbocycles. The molecule has 1 heterocycles. The van der Waals surface area contributed by atoms with E-state index < -0.39 is 30.5 Å². The van der Waals surface area contributed by atoms with Crippen LogP contribution < -0.4 is 15.8 Å². The number of amides is 2. The van der Waals surface area contributed by atoms with Gasteiger partial charge in [0.15, 0.2) is 12.7 Å². The maximum Gasteiger partial charge on any atom is 0.347 e. The molecule has 3 rings (SSSR count). The summed E-state index contributed by atoms with van der Waals surface area (Å²) in [7, 11) is 0. The van der Waals surface area contributed by atoms with Crippen LogP contribution in [0, 0.1) is 0 Å². The van der Waals surface area contributed by atoms with E-state index in [1.165, 1.54) is 11.3 Å². The number of nitrogens with one attached hydrogen (secondary N) is 1. The topological polar surface area (TPSA) is 108 Å². The average molecular weight is 402 g/mol. The number of esters is 1. The summed E-state index contributed by atoms with van der Waals surface area (Å²) in [5.41, 5.74) is 6.82. The van der Waals surface area contributed by atoms with E-state index in [9.17, 15) is 14.4 Å². The standard InChI is InChI=1S/C20H22N2O5S/c1-12(27-13-7-3-2-4-8-13)20(25)26-11-16(23)22-19-17(18(21)24)14-9-5-6-10-15(14)28-19/h2-4,7-8,12H,5-6,9-11H2,1H3,(H2,21,24)(H,22,23). The average Bonchev–Trinajstić information content (AvgIpc) is 3.04. The first kappa shape index (κ1) is 19.9. The number of carbonyl (C=O) groups is 3. The van der Waals surface area contributed by atoms with E-state index in [1.54, 1.807) is 31.2 Å². The number of fused-ring (bicyclic) bond motifs is 1. The zero-order chi connectivity index (χ0) is 20.1. The molecule has 2 amide bonds. The number of hydrogen-bond acceptors (Lipinski definition) is 6. The Morgan fingerprint density at radius 1 is 1.18 bits per heavy atom. The SMILES string of the molecule is CC(Oc1ccccc1)C(=O)OCC(=O)Nc1sc2c(c1C(N)=O)CCCC2. The van der Waals surface area contributed by atoms with E-state index >= 15 is 0 Å². The number of rotatable bonds is 7. The van der Waals surface area contributed by atoms with Crippen LogP contribution in [0.25, 0.3) is 0 Å². The van der Waals surface area contributed by atoms with Gasteiger partial charge in [-0.2, -0.15) is 0 Å². The Balaban J connectivity index is 1.56. The van der Waals surface area contributed by atoms with E-state index in [0.717, 1.165) is 36.1 Å². The Kier molecular flexibility index (Phi) is 6.30. The van der Waals surface area contributed by atoms with Crippen LogP contribution in [0.5, 0.6) is 5.75 Å². The highest BCUT2D eigenvalue weighted by Crippen LogP contribution is 2.37. The molecule has 1 atom stereocenters. The number of para-hydroxylation sites is 1. The van der Waals surface area contributed by atoms with Gasteiger partial charge in [-0.1, -0.05) is 18.2 Å². The fraction of sp³-hybridized carbons (Fsp3) is 0.350. The number of anilines is 1. The van der Waals surface area contributed by atoms with Gasteiger partial charge >= 0.3 is 5.97 Å². The van der Waals surface area contributed by atoms with Crippen molar-refractivity contribution in [2.45, 2.75) is 38.7 Å². The Morgan fingerprint density at radius 3 is 2.61 bits per heavy atom. The lowest BCUT2D eigenvalue weighted by atomic mass is 9.95. The highest BCUT2D eigenvalue weighted by molar-refractivity contribution is 7.17. The number of carbonyl (C=O) groups excluding carboxylic acids is 3. The summed E-state index contributed by atoms with van der Waals surface area (Å²) >= 11 is 1.36. The van der Waals surface area contributed by atoms with E-state index in [-0.39, 0.29) is 0 Å². The first-order valence-corrected chi connectivity index (χ1v) is 9.90. The highest BCUT2D eigenvalue weighted by atomic mass is 32.1. The first-order chi connectivity index (χ1) is 13.5. The zero-order valence-corrected chi connectivity index (χ0v) is 16.3. The van der Waals surface area contributed by atoms with Crippen LogP contribution in [0.3, 0.4) is 0 Å². The highest BCUT2D eigenvalue weighted by Gasteiger charge is 2.25. The van der Waals surface area contributed by atoms with Gasteiger partial charge in [-0.3, -0.25) is 9.59 Å². The van der Waals surface area contributed by atoms with E-state index in [0.29, 0.717) is 16.3 Å². The molecular weight excluding hydrogens is 380 g/mol. The molecule has 148 valence electrons. The molecule has 2 aromatic rings. The van der Waals surface area contributed by atoms with Crippen molar-refractivity contribution in [2.75, 3.05) is 11.9 Å². The molecule has 1 aliphatic rings. The smallest absolute Gasteiger partial charge is 0.347 e. The largest absolute Gasteiger partial charge is 0.479 e. The van der Waals surface area contributed by atoms with Crippen molar-refractivity contribution < 1.29 is 23.9 Å². The Bertz CT molecular complexity index is 878. The number of thiophene rings is 1. The van der Waals surface area contributed by atoms with Crippen LogP contribution in [0.4, 0.5) is 5.00 Å². The van der Waals surface area contributed by atoms with E-state index in [2.05, 4.69) is 5.32 Å².